The molecule has 0 aromatic carbocycles. The van der Waals surface area contributed by atoms with E-state index in [0.29, 0.717) is 16.4 Å². The highest BCUT2D eigenvalue weighted by Crippen LogP contribution is 2.21. The summed E-state index contributed by atoms with van der Waals surface area (Å²) in [4.78, 5) is 18.8. The standard InChI is InChI=1S/C16H26ClN3O/c1-5-8-9-20(12(4)6-2)16(21)13-10-14(17)15(18-7-3)19-11-13/h10-12H,5-9H2,1-4H3,(H,18,19). The number of rotatable bonds is 8. The van der Waals surface area contributed by atoms with Crippen molar-refractivity contribution in [1.82, 2.24) is 9.88 Å². The summed E-state index contributed by atoms with van der Waals surface area (Å²) in [6.45, 7) is 9.80. The van der Waals surface area contributed by atoms with E-state index in [9.17, 15) is 4.79 Å². The maximum Gasteiger partial charge on any atom is 0.255 e. The van der Waals surface area contributed by atoms with Crippen molar-refractivity contribution >= 4 is 23.3 Å². The summed E-state index contributed by atoms with van der Waals surface area (Å²) in [5.41, 5.74) is 0.554. The minimum atomic E-state index is 0.00949. The Labute approximate surface area is 132 Å². The van der Waals surface area contributed by atoms with Crippen LogP contribution in [0.4, 0.5) is 5.82 Å². The van der Waals surface area contributed by atoms with E-state index in [1.165, 1.54) is 0 Å². The largest absolute Gasteiger partial charge is 0.369 e. The van der Waals surface area contributed by atoms with Gasteiger partial charge in [-0.15, -0.1) is 0 Å². The van der Waals surface area contributed by atoms with Crippen LogP contribution >= 0.6 is 11.6 Å². The Balaban J connectivity index is 2.94. The molecule has 4 nitrogen and oxygen atoms in total. The summed E-state index contributed by atoms with van der Waals surface area (Å²) in [5.74, 6) is 0.634. The van der Waals surface area contributed by atoms with E-state index in [1.807, 2.05) is 11.8 Å². The normalized spacial score (nSPS) is 12.0. The molecule has 1 amide bonds. The Kier molecular flexibility index (Phi) is 7.51. The number of carbonyl (C=O) groups excluding carboxylic acids is 1. The molecule has 0 saturated carbocycles. The maximum atomic E-state index is 12.7. The molecule has 118 valence electrons. The van der Waals surface area contributed by atoms with Crippen molar-refractivity contribution in [3.05, 3.63) is 22.8 Å². The SMILES string of the molecule is CCCCN(C(=O)c1cnc(NCC)c(Cl)c1)C(C)CC. The molecule has 0 aliphatic rings. The number of carbonyl (C=O) groups is 1. The summed E-state index contributed by atoms with van der Waals surface area (Å²) < 4.78 is 0. The lowest BCUT2D eigenvalue weighted by Gasteiger charge is -2.28. The van der Waals surface area contributed by atoms with Gasteiger partial charge in [0.15, 0.2) is 0 Å². The molecule has 21 heavy (non-hydrogen) atoms. The number of amides is 1. The Morgan fingerprint density at radius 2 is 2.14 bits per heavy atom. The summed E-state index contributed by atoms with van der Waals surface area (Å²) in [6, 6.07) is 1.92. The van der Waals surface area contributed by atoms with Gasteiger partial charge in [0.25, 0.3) is 5.91 Å². The number of nitrogens with zero attached hydrogens (tertiary/aromatic N) is 2. The minimum Gasteiger partial charge on any atom is -0.369 e. The van der Waals surface area contributed by atoms with Gasteiger partial charge in [-0.1, -0.05) is 31.9 Å². The predicted octanol–water partition coefficient (Wildman–Crippen LogP) is 4.21. The highest BCUT2D eigenvalue weighted by molar-refractivity contribution is 6.33. The quantitative estimate of drug-likeness (QED) is 0.782. The van der Waals surface area contributed by atoms with Gasteiger partial charge in [-0.3, -0.25) is 4.79 Å². The third-order valence-corrected chi connectivity index (χ3v) is 3.86. The van der Waals surface area contributed by atoms with Crippen molar-refractivity contribution in [2.24, 2.45) is 0 Å². The maximum absolute atomic E-state index is 12.7. The van der Waals surface area contributed by atoms with Gasteiger partial charge < -0.3 is 10.2 Å². The molecule has 0 fully saturated rings. The summed E-state index contributed by atoms with van der Waals surface area (Å²) in [5, 5.41) is 3.56. The number of unbranched alkanes of at least 4 members (excludes halogenated alkanes) is 1. The first-order chi connectivity index (χ1) is 10.0. The zero-order chi connectivity index (χ0) is 15.8. The number of pyridine rings is 1. The third kappa shape index (κ3) is 4.88. The smallest absolute Gasteiger partial charge is 0.255 e. The molecule has 0 radical (unpaired) electrons. The first-order valence-electron chi connectivity index (χ1n) is 7.75. The zero-order valence-corrected chi connectivity index (χ0v) is 14.2. The molecule has 0 bridgehead atoms. The van der Waals surface area contributed by atoms with E-state index in [-0.39, 0.29) is 11.9 Å². The molecular formula is C16H26ClN3O. The molecule has 1 atom stereocenters. The molecular weight excluding hydrogens is 286 g/mol. The van der Waals surface area contributed by atoms with Gasteiger partial charge in [0.05, 0.1) is 10.6 Å². The molecule has 0 spiro atoms. The van der Waals surface area contributed by atoms with Crippen molar-refractivity contribution < 1.29 is 4.79 Å². The number of nitrogens with one attached hydrogen (secondary N) is 1. The highest BCUT2D eigenvalue weighted by Gasteiger charge is 2.21. The molecule has 1 aromatic rings. The van der Waals surface area contributed by atoms with Crippen LogP contribution in [-0.2, 0) is 0 Å². The topological polar surface area (TPSA) is 45.2 Å². The molecule has 1 heterocycles. The van der Waals surface area contributed by atoms with Crippen LogP contribution in [0.2, 0.25) is 5.02 Å². The van der Waals surface area contributed by atoms with Crippen LogP contribution in [0.5, 0.6) is 0 Å². The van der Waals surface area contributed by atoms with E-state index >= 15 is 0 Å². The second-order valence-electron chi connectivity index (χ2n) is 5.19. The monoisotopic (exact) mass is 311 g/mol. The Morgan fingerprint density at radius 3 is 2.67 bits per heavy atom. The lowest BCUT2D eigenvalue weighted by atomic mass is 10.1. The first kappa shape index (κ1) is 17.8. The van der Waals surface area contributed by atoms with Crippen molar-refractivity contribution in [2.75, 3.05) is 18.4 Å². The number of anilines is 1. The second kappa shape index (κ2) is 8.88. The van der Waals surface area contributed by atoms with Crippen LogP contribution in [0, 0.1) is 0 Å². The van der Waals surface area contributed by atoms with Crippen molar-refractivity contribution in [2.45, 2.75) is 53.0 Å². The summed E-state index contributed by atoms with van der Waals surface area (Å²) in [6.07, 6.45) is 4.62. The van der Waals surface area contributed by atoms with Gasteiger partial charge >= 0.3 is 0 Å². The first-order valence-corrected chi connectivity index (χ1v) is 8.13. The molecule has 1 unspecified atom stereocenters. The molecule has 1 aromatic heterocycles. The number of hydrogen-bond donors (Lipinski definition) is 1. The van der Waals surface area contributed by atoms with Gasteiger partial charge in [0.1, 0.15) is 5.82 Å². The van der Waals surface area contributed by atoms with Crippen molar-refractivity contribution in [3.8, 4) is 0 Å². The average Bonchev–Trinajstić information content (AvgIpc) is 2.49. The fourth-order valence-corrected chi connectivity index (χ4v) is 2.32. The van der Waals surface area contributed by atoms with Gasteiger partial charge in [0.2, 0.25) is 0 Å². The number of hydrogen-bond acceptors (Lipinski definition) is 3. The van der Waals surface area contributed by atoms with Gasteiger partial charge in [-0.05, 0) is 32.8 Å². The summed E-state index contributed by atoms with van der Waals surface area (Å²) >= 11 is 6.18. The van der Waals surface area contributed by atoms with E-state index in [4.69, 9.17) is 11.6 Å². The van der Waals surface area contributed by atoms with Crippen molar-refractivity contribution in [3.63, 3.8) is 0 Å². The van der Waals surface area contributed by atoms with Crippen molar-refractivity contribution in [1.29, 1.82) is 0 Å². The van der Waals surface area contributed by atoms with Crippen LogP contribution in [0.1, 0.15) is 57.3 Å². The highest BCUT2D eigenvalue weighted by atomic mass is 35.5. The van der Waals surface area contributed by atoms with Gasteiger partial charge in [0, 0.05) is 25.3 Å². The Hall–Kier alpha value is -1.29. The average molecular weight is 312 g/mol. The van der Waals surface area contributed by atoms with E-state index in [2.05, 4.69) is 31.1 Å². The predicted molar refractivity (Wildman–Crippen MR) is 89.1 cm³/mol. The lowest BCUT2D eigenvalue weighted by molar-refractivity contribution is 0.0685. The van der Waals surface area contributed by atoms with E-state index in [0.717, 1.165) is 32.4 Å². The van der Waals surface area contributed by atoms with Crippen LogP contribution < -0.4 is 5.32 Å². The second-order valence-corrected chi connectivity index (χ2v) is 5.60. The van der Waals surface area contributed by atoms with Crippen LogP contribution in [0.15, 0.2) is 12.3 Å². The molecule has 0 aliphatic heterocycles. The number of halogens is 1. The van der Waals surface area contributed by atoms with Gasteiger partial charge in [-0.25, -0.2) is 4.98 Å². The van der Waals surface area contributed by atoms with Crippen LogP contribution in [0.25, 0.3) is 0 Å². The van der Waals surface area contributed by atoms with Crippen LogP contribution in [0.3, 0.4) is 0 Å². The fourth-order valence-electron chi connectivity index (χ4n) is 2.09. The molecule has 1 N–H and O–H groups in total. The van der Waals surface area contributed by atoms with Crippen LogP contribution in [-0.4, -0.2) is 34.9 Å². The molecule has 0 aliphatic carbocycles. The summed E-state index contributed by atoms with van der Waals surface area (Å²) in [7, 11) is 0. The Morgan fingerprint density at radius 1 is 1.43 bits per heavy atom. The van der Waals surface area contributed by atoms with E-state index in [1.54, 1.807) is 12.3 Å². The fraction of sp³-hybridized carbons (Fsp3) is 0.625. The lowest BCUT2D eigenvalue weighted by Crippen LogP contribution is -2.39. The molecule has 5 heteroatoms. The minimum absolute atomic E-state index is 0.00949. The van der Waals surface area contributed by atoms with E-state index < -0.39 is 0 Å². The zero-order valence-electron chi connectivity index (χ0n) is 13.4. The molecule has 0 saturated heterocycles. The number of aromatic nitrogens is 1. The van der Waals surface area contributed by atoms with Gasteiger partial charge in [-0.2, -0.15) is 0 Å². The molecule has 1 rings (SSSR count). The Bertz CT molecular complexity index is 465. The third-order valence-electron chi connectivity index (χ3n) is 3.57.